The monoisotopic (exact) mass is 398 g/mol. The van der Waals surface area contributed by atoms with Gasteiger partial charge in [-0.25, -0.2) is 9.78 Å². The van der Waals surface area contributed by atoms with Crippen LogP contribution in [0.2, 0.25) is 0 Å². The van der Waals surface area contributed by atoms with Gasteiger partial charge in [-0.2, -0.15) is 9.78 Å². The van der Waals surface area contributed by atoms with E-state index in [1.165, 1.54) is 12.8 Å². The van der Waals surface area contributed by atoms with E-state index in [1.54, 1.807) is 23.1 Å². The average Bonchev–Trinajstić information content (AvgIpc) is 3.32. The molecule has 2 aliphatic carbocycles. The van der Waals surface area contributed by atoms with Crippen LogP contribution >= 0.6 is 0 Å². The summed E-state index contributed by atoms with van der Waals surface area (Å²) < 4.78 is 1.58. The van der Waals surface area contributed by atoms with Crippen molar-refractivity contribution in [1.29, 1.82) is 0 Å². The standard InChI is InChI=1S/C20H26N6O3/c1-13-4-6-21-18(8-13)26-17(5-7-22-26)24-20(29)23-15-9-16(10-15)25(12-19(27)28)11-14-2-3-14/h4-8,14-16H,2-3,9-12H2,1H3,(H,27,28)(H2,23,24,29). The third kappa shape index (κ3) is 4.92. The Morgan fingerprint density at radius 1 is 1.28 bits per heavy atom. The molecule has 0 saturated heterocycles. The summed E-state index contributed by atoms with van der Waals surface area (Å²) >= 11 is 0. The van der Waals surface area contributed by atoms with Crippen LogP contribution in [-0.2, 0) is 4.79 Å². The SMILES string of the molecule is Cc1ccnc(-n2nccc2NC(=O)NC2CC(N(CC(=O)O)CC3CC3)C2)c1. The lowest BCUT2D eigenvalue weighted by Gasteiger charge is -2.42. The van der Waals surface area contributed by atoms with E-state index in [0.29, 0.717) is 17.6 Å². The molecule has 0 radical (unpaired) electrons. The molecule has 0 bridgehead atoms. The van der Waals surface area contributed by atoms with Crippen LogP contribution < -0.4 is 10.6 Å². The quantitative estimate of drug-likeness (QED) is 0.627. The van der Waals surface area contributed by atoms with Crippen molar-refractivity contribution in [3.63, 3.8) is 0 Å². The van der Waals surface area contributed by atoms with Gasteiger partial charge in [-0.3, -0.25) is 15.0 Å². The van der Waals surface area contributed by atoms with Crippen molar-refractivity contribution in [2.45, 2.75) is 44.7 Å². The van der Waals surface area contributed by atoms with Gasteiger partial charge in [0.2, 0.25) is 0 Å². The fourth-order valence-electron chi connectivity index (χ4n) is 3.71. The molecule has 0 aliphatic heterocycles. The fourth-order valence-corrected chi connectivity index (χ4v) is 3.71. The highest BCUT2D eigenvalue weighted by molar-refractivity contribution is 5.88. The number of nitrogens with zero attached hydrogens (tertiary/aromatic N) is 4. The number of aryl methyl sites for hydroxylation is 1. The van der Waals surface area contributed by atoms with E-state index in [4.69, 9.17) is 5.11 Å². The van der Waals surface area contributed by atoms with Crippen LogP contribution in [0.25, 0.3) is 5.82 Å². The molecule has 0 atom stereocenters. The minimum absolute atomic E-state index is 0.0453. The van der Waals surface area contributed by atoms with Gasteiger partial charge in [0.05, 0.1) is 12.7 Å². The summed E-state index contributed by atoms with van der Waals surface area (Å²) in [5.41, 5.74) is 1.05. The third-order valence-electron chi connectivity index (χ3n) is 5.50. The number of carbonyl (C=O) groups is 2. The molecule has 2 saturated carbocycles. The van der Waals surface area contributed by atoms with Crippen LogP contribution in [0.5, 0.6) is 0 Å². The topological polar surface area (TPSA) is 112 Å². The molecule has 2 aromatic rings. The zero-order valence-corrected chi connectivity index (χ0v) is 16.4. The summed E-state index contributed by atoms with van der Waals surface area (Å²) in [5.74, 6) is 1.02. The Bertz CT molecular complexity index is 888. The predicted octanol–water partition coefficient (Wildman–Crippen LogP) is 2.02. The lowest BCUT2D eigenvalue weighted by atomic mass is 9.85. The molecule has 3 N–H and O–H groups in total. The smallest absolute Gasteiger partial charge is 0.320 e. The van der Waals surface area contributed by atoms with Crippen molar-refractivity contribution in [2.24, 2.45) is 5.92 Å². The maximum atomic E-state index is 12.4. The second-order valence-corrected chi connectivity index (χ2v) is 8.01. The van der Waals surface area contributed by atoms with E-state index < -0.39 is 5.97 Å². The lowest BCUT2D eigenvalue weighted by molar-refractivity contribution is -0.139. The molecule has 9 nitrogen and oxygen atoms in total. The summed E-state index contributed by atoms with van der Waals surface area (Å²) in [6.07, 6.45) is 7.24. The number of aliphatic carboxylic acids is 1. The lowest BCUT2D eigenvalue weighted by Crippen LogP contribution is -2.56. The molecule has 0 unspecified atom stereocenters. The maximum absolute atomic E-state index is 12.4. The van der Waals surface area contributed by atoms with Gasteiger partial charge in [-0.05, 0) is 56.2 Å². The summed E-state index contributed by atoms with van der Waals surface area (Å²) in [5, 5.41) is 19.2. The number of urea groups is 1. The van der Waals surface area contributed by atoms with Crippen molar-refractivity contribution >= 4 is 17.8 Å². The number of carboxylic acid groups (broad SMARTS) is 1. The molecule has 2 aromatic heterocycles. The van der Waals surface area contributed by atoms with Crippen LogP contribution in [0.1, 0.15) is 31.2 Å². The van der Waals surface area contributed by atoms with Crippen molar-refractivity contribution in [1.82, 2.24) is 25.0 Å². The van der Waals surface area contributed by atoms with Crippen LogP contribution in [0.3, 0.4) is 0 Å². The first-order valence-electron chi connectivity index (χ1n) is 9.98. The molecule has 4 rings (SSSR count). The Labute approximate surface area is 169 Å². The predicted molar refractivity (Wildman–Crippen MR) is 107 cm³/mol. The largest absolute Gasteiger partial charge is 0.480 e. The summed E-state index contributed by atoms with van der Waals surface area (Å²) in [6, 6.07) is 5.48. The van der Waals surface area contributed by atoms with Gasteiger partial charge in [0.1, 0.15) is 5.82 Å². The Balaban J connectivity index is 1.29. The number of anilines is 1. The number of hydrogen-bond acceptors (Lipinski definition) is 5. The van der Waals surface area contributed by atoms with Crippen molar-refractivity contribution < 1.29 is 14.7 Å². The number of carboxylic acids is 1. The first kappa shape index (κ1) is 19.4. The molecule has 2 heterocycles. The zero-order valence-electron chi connectivity index (χ0n) is 16.4. The Kier molecular flexibility index (Phi) is 5.48. The minimum atomic E-state index is -0.794. The highest BCUT2D eigenvalue weighted by atomic mass is 16.4. The Morgan fingerprint density at radius 2 is 2.07 bits per heavy atom. The number of pyridine rings is 1. The van der Waals surface area contributed by atoms with E-state index in [9.17, 15) is 9.59 Å². The normalized spacial score (nSPS) is 20.9. The van der Waals surface area contributed by atoms with Crippen molar-refractivity contribution in [3.8, 4) is 5.82 Å². The molecular formula is C20H26N6O3. The second-order valence-electron chi connectivity index (χ2n) is 8.01. The Morgan fingerprint density at radius 3 is 2.76 bits per heavy atom. The van der Waals surface area contributed by atoms with Crippen LogP contribution in [0.15, 0.2) is 30.6 Å². The van der Waals surface area contributed by atoms with E-state index >= 15 is 0 Å². The summed E-state index contributed by atoms with van der Waals surface area (Å²) in [7, 11) is 0. The average molecular weight is 398 g/mol. The zero-order chi connectivity index (χ0) is 20.4. The van der Waals surface area contributed by atoms with Crippen molar-refractivity contribution in [2.75, 3.05) is 18.4 Å². The highest BCUT2D eigenvalue weighted by Crippen LogP contribution is 2.33. The third-order valence-corrected chi connectivity index (χ3v) is 5.50. The molecular weight excluding hydrogens is 372 g/mol. The summed E-state index contributed by atoms with van der Waals surface area (Å²) in [6.45, 7) is 2.89. The maximum Gasteiger partial charge on any atom is 0.320 e. The molecule has 0 spiro atoms. The molecule has 2 amide bonds. The van der Waals surface area contributed by atoms with Gasteiger partial charge in [-0.1, -0.05) is 0 Å². The van der Waals surface area contributed by atoms with Crippen LogP contribution in [-0.4, -0.2) is 61.9 Å². The van der Waals surface area contributed by atoms with E-state index in [2.05, 4.69) is 25.6 Å². The number of rotatable bonds is 8. The minimum Gasteiger partial charge on any atom is -0.480 e. The highest BCUT2D eigenvalue weighted by Gasteiger charge is 2.37. The van der Waals surface area contributed by atoms with Gasteiger partial charge < -0.3 is 10.4 Å². The molecule has 0 aromatic carbocycles. The van der Waals surface area contributed by atoms with E-state index in [1.807, 2.05) is 19.1 Å². The first-order chi connectivity index (χ1) is 14.0. The number of aromatic nitrogens is 3. The fraction of sp³-hybridized carbons (Fsp3) is 0.500. The molecule has 29 heavy (non-hydrogen) atoms. The molecule has 2 fully saturated rings. The molecule has 9 heteroatoms. The number of amides is 2. The van der Waals surface area contributed by atoms with Gasteiger partial charge in [0, 0.05) is 30.9 Å². The van der Waals surface area contributed by atoms with Crippen LogP contribution in [0, 0.1) is 12.8 Å². The van der Waals surface area contributed by atoms with Crippen molar-refractivity contribution in [3.05, 3.63) is 36.2 Å². The van der Waals surface area contributed by atoms with Crippen LogP contribution in [0.4, 0.5) is 10.6 Å². The van der Waals surface area contributed by atoms with Gasteiger partial charge in [0.25, 0.3) is 0 Å². The summed E-state index contributed by atoms with van der Waals surface area (Å²) in [4.78, 5) is 29.9. The van der Waals surface area contributed by atoms with Gasteiger partial charge in [-0.15, -0.1) is 0 Å². The number of carbonyl (C=O) groups excluding carboxylic acids is 1. The Hall–Kier alpha value is -2.94. The molecule has 154 valence electrons. The van der Waals surface area contributed by atoms with E-state index in [0.717, 1.165) is 24.9 Å². The number of nitrogens with one attached hydrogen (secondary N) is 2. The first-order valence-corrected chi connectivity index (χ1v) is 9.98. The second kappa shape index (κ2) is 8.20. The van der Waals surface area contributed by atoms with Gasteiger partial charge in [0.15, 0.2) is 5.82 Å². The van der Waals surface area contributed by atoms with E-state index in [-0.39, 0.29) is 24.7 Å². The molecule has 2 aliphatic rings. The number of hydrogen-bond donors (Lipinski definition) is 3. The van der Waals surface area contributed by atoms with Gasteiger partial charge >= 0.3 is 12.0 Å².